The number of ether oxygens (including phenoxy) is 1. The van der Waals surface area contributed by atoms with E-state index in [1.54, 1.807) is 12.3 Å². The highest BCUT2D eigenvalue weighted by Gasteiger charge is 2.51. The lowest BCUT2D eigenvalue weighted by atomic mass is 9.80. The van der Waals surface area contributed by atoms with Crippen molar-refractivity contribution in [3.63, 3.8) is 0 Å². The minimum Gasteiger partial charge on any atom is -0.471 e. The highest BCUT2D eigenvalue weighted by atomic mass is 16.7. The van der Waals surface area contributed by atoms with E-state index in [9.17, 15) is 5.26 Å². The number of nitriles is 1. The second kappa shape index (κ2) is 5.23. The number of hydrogen-bond acceptors (Lipinski definition) is 6. The van der Waals surface area contributed by atoms with Gasteiger partial charge in [-0.2, -0.15) is 5.26 Å². The van der Waals surface area contributed by atoms with Crippen LogP contribution in [0.1, 0.15) is 33.3 Å². The van der Waals surface area contributed by atoms with Crippen molar-refractivity contribution in [3.05, 3.63) is 17.8 Å². The molecule has 116 valence electrons. The van der Waals surface area contributed by atoms with Crippen molar-refractivity contribution in [1.82, 2.24) is 10.3 Å². The van der Waals surface area contributed by atoms with Crippen LogP contribution in [-0.2, 0) is 9.31 Å². The van der Waals surface area contributed by atoms with Crippen LogP contribution in [0, 0.1) is 11.3 Å². The summed E-state index contributed by atoms with van der Waals surface area (Å²) >= 11 is 0. The maximum atomic E-state index is 9.33. The Labute approximate surface area is 130 Å². The van der Waals surface area contributed by atoms with Crippen LogP contribution in [0.5, 0.6) is 5.88 Å². The van der Waals surface area contributed by atoms with Crippen LogP contribution in [0.15, 0.2) is 12.3 Å². The van der Waals surface area contributed by atoms with Crippen LogP contribution in [-0.4, -0.2) is 42.5 Å². The molecular weight excluding hydrogens is 281 g/mol. The van der Waals surface area contributed by atoms with Gasteiger partial charge in [0.2, 0.25) is 5.88 Å². The highest BCUT2D eigenvalue weighted by Crippen LogP contribution is 2.36. The van der Waals surface area contributed by atoms with E-state index >= 15 is 0 Å². The molecule has 0 aromatic carbocycles. The van der Waals surface area contributed by atoms with Crippen LogP contribution < -0.4 is 15.5 Å². The summed E-state index contributed by atoms with van der Waals surface area (Å²) < 4.78 is 17.7. The summed E-state index contributed by atoms with van der Waals surface area (Å²) in [5.41, 5.74) is 0.294. The molecule has 0 radical (unpaired) electrons. The van der Waals surface area contributed by atoms with Crippen LogP contribution in [0.4, 0.5) is 0 Å². The molecular formula is C15H20BN3O3. The summed E-state index contributed by atoms with van der Waals surface area (Å²) in [7, 11) is -0.524. The van der Waals surface area contributed by atoms with Gasteiger partial charge in [0.1, 0.15) is 17.7 Å². The van der Waals surface area contributed by atoms with Gasteiger partial charge < -0.3 is 19.4 Å². The zero-order valence-electron chi connectivity index (χ0n) is 13.3. The lowest BCUT2D eigenvalue weighted by Gasteiger charge is -2.32. The standard InChI is InChI=1S/C15H20BN3O3/c1-14(2)15(3,4)22-16(21-14)11-5-10(6-17)13(19-7-11)20-12-8-18-9-12/h5,7,12,18H,8-9H2,1-4H3. The molecule has 6 nitrogen and oxygen atoms in total. The van der Waals surface area contributed by atoms with Gasteiger partial charge >= 0.3 is 7.12 Å². The average Bonchev–Trinajstić information content (AvgIpc) is 2.63. The van der Waals surface area contributed by atoms with Crippen molar-refractivity contribution >= 4 is 12.6 Å². The lowest BCUT2D eigenvalue weighted by molar-refractivity contribution is 0.00578. The van der Waals surface area contributed by atoms with Crippen molar-refractivity contribution in [3.8, 4) is 11.9 Å². The number of pyridine rings is 1. The Morgan fingerprint density at radius 3 is 2.45 bits per heavy atom. The molecule has 22 heavy (non-hydrogen) atoms. The predicted octanol–water partition coefficient (Wildman–Crippen LogP) is 0.603. The SMILES string of the molecule is CC1(C)OB(c2cnc(OC3CNC3)c(C#N)c2)OC1(C)C. The van der Waals surface area contributed by atoms with Crippen LogP contribution >= 0.6 is 0 Å². The van der Waals surface area contributed by atoms with Crippen molar-refractivity contribution in [2.75, 3.05) is 13.1 Å². The van der Waals surface area contributed by atoms with E-state index in [0.717, 1.165) is 18.6 Å². The Hall–Kier alpha value is -1.62. The summed E-state index contributed by atoms with van der Waals surface area (Å²) in [6, 6.07) is 3.87. The van der Waals surface area contributed by atoms with Crippen LogP contribution in [0.25, 0.3) is 0 Å². The quantitative estimate of drug-likeness (QED) is 0.824. The molecule has 0 spiro atoms. The Morgan fingerprint density at radius 1 is 1.32 bits per heavy atom. The smallest absolute Gasteiger partial charge is 0.471 e. The van der Waals surface area contributed by atoms with E-state index in [2.05, 4.69) is 16.4 Å². The summed E-state index contributed by atoms with van der Waals surface area (Å²) in [5.74, 6) is 0.370. The van der Waals surface area contributed by atoms with Gasteiger partial charge in [-0.3, -0.25) is 0 Å². The minimum absolute atomic E-state index is 0.0855. The molecule has 7 heteroatoms. The molecule has 1 aromatic rings. The summed E-state index contributed by atoms with van der Waals surface area (Å²) in [5, 5.41) is 12.4. The normalized spacial score (nSPS) is 23.0. The molecule has 0 bridgehead atoms. The molecule has 0 saturated carbocycles. The summed E-state index contributed by atoms with van der Waals surface area (Å²) in [6.45, 7) is 9.54. The van der Waals surface area contributed by atoms with Gasteiger partial charge in [0.25, 0.3) is 0 Å². The molecule has 2 aliphatic rings. The number of hydrogen-bond donors (Lipinski definition) is 1. The third-order valence-corrected chi connectivity index (χ3v) is 4.54. The van der Waals surface area contributed by atoms with Gasteiger partial charge in [0.05, 0.1) is 11.2 Å². The van der Waals surface area contributed by atoms with E-state index in [0.29, 0.717) is 11.4 Å². The fraction of sp³-hybridized carbons (Fsp3) is 0.600. The monoisotopic (exact) mass is 301 g/mol. The maximum absolute atomic E-state index is 9.33. The van der Waals surface area contributed by atoms with E-state index in [1.807, 2.05) is 27.7 Å². The van der Waals surface area contributed by atoms with Gasteiger partial charge in [-0.05, 0) is 33.8 Å². The van der Waals surface area contributed by atoms with E-state index in [-0.39, 0.29) is 6.10 Å². The Bertz CT molecular complexity index is 607. The molecule has 0 atom stereocenters. The average molecular weight is 301 g/mol. The molecule has 0 unspecified atom stereocenters. The number of rotatable bonds is 3. The van der Waals surface area contributed by atoms with Gasteiger partial charge in [-0.25, -0.2) is 4.98 Å². The van der Waals surface area contributed by atoms with Crippen LogP contribution in [0.3, 0.4) is 0 Å². The third kappa shape index (κ3) is 2.58. The predicted molar refractivity (Wildman–Crippen MR) is 82.0 cm³/mol. The first-order valence-electron chi connectivity index (χ1n) is 7.45. The largest absolute Gasteiger partial charge is 0.496 e. The Kier molecular flexibility index (Phi) is 3.64. The first-order chi connectivity index (χ1) is 10.3. The molecule has 3 rings (SSSR count). The molecule has 2 fully saturated rings. The molecule has 0 amide bonds. The molecule has 1 aromatic heterocycles. The molecule has 2 saturated heterocycles. The van der Waals surface area contributed by atoms with Gasteiger partial charge in [0.15, 0.2) is 0 Å². The topological polar surface area (TPSA) is 76.4 Å². The highest BCUT2D eigenvalue weighted by molar-refractivity contribution is 6.62. The van der Waals surface area contributed by atoms with Gasteiger partial charge in [-0.15, -0.1) is 0 Å². The van der Waals surface area contributed by atoms with Crippen molar-refractivity contribution in [1.29, 1.82) is 5.26 Å². The summed E-state index contributed by atoms with van der Waals surface area (Å²) in [4.78, 5) is 4.28. The second-order valence-electron chi connectivity index (χ2n) is 6.72. The Morgan fingerprint density at radius 2 is 1.95 bits per heavy atom. The van der Waals surface area contributed by atoms with Gasteiger partial charge in [-0.1, -0.05) is 0 Å². The maximum Gasteiger partial charge on any atom is 0.496 e. The number of aromatic nitrogens is 1. The zero-order chi connectivity index (χ0) is 16.0. The van der Waals surface area contributed by atoms with E-state index < -0.39 is 18.3 Å². The van der Waals surface area contributed by atoms with E-state index in [1.165, 1.54) is 0 Å². The fourth-order valence-corrected chi connectivity index (χ4v) is 2.25. The molecule has 0 aliphatic carbocycles. The minimum atomic E-state index is -0.524. The third-order valence-electron chi connectivity index (χ3n) is 4.54. The number of nitrogens with one attached hydrogen (secondary N) is 1. The first-order valence-corrected chi connectivity index (χ1v) is 7.45. The number of nitrogens with zero attached hydrogens (tertiary/aromatic N) is 2. The van der Waals surface area contributed by atoms with Crippen molar-refractivity contribution in [2.24, 2.45) is 0 Å². The molecule has 2 aliphatic heterocycles. The van der Waals surface area contributed by atoms with Crippen molar-refractivity contribution < 1.29 is 14.0 Å². The summed E-state index contributed by atoms with van der Waals surface area (Å²) in [6.07, 6.45) is 1.74. The van der Waals surface area contributed by atoms with Crippen molar-refractivity contribution in [2.45, 2.75) is 45.0 Å². The second-order valence-corrected chi connectivity index (χ2v) is 6.72. The molecule has 1 N–H and O–H groups in total. The molecule has 3 heterocycles. The Balaban J connectivity index is 1.82. The zero-order valence-corrected chi connectivity index (χ0v) is 13.3. The first kappa shape index (κ1) is 15.3. The fourth-order valence-electron chi connectivity index (χ4n) is 2.25. The van der Waals surface area contributed by atoms with Gasteiger partial charge in [0, 0.05) is 24.7 Å². The van der Waals surface area contributed by atoms with Crippen LogP contribution in [0.2, 0.25) is 0 Å². The van der Waals surface area contributed by atoms with E-state index in [4.69, 9.17) is 14.0 Å². The lowest BCUT2D eigenvalue weighted by Crippen LogP contribution is -2.50.